The smallest absolute Gasteiger partial charge is 0.258 e. The van der Waals surface area contributed by atoms with Crippen molar-refractivity contribution in [2.75, 3.05) is 0 Å². The van der Waals surface area contributed by atoms with E-state index in [9.17, 15) is 22.9 Å². The van der Waals surface area contributed by atoms with E-state index in [0.717, 1.165) is 21.5 Å². The molecule has 0 atom stereocenters. The maximum atomic E-state index is 13.7. The van der Waals surface area contributed by atoms with Crippen LogP contribution in [0.3, 0.4) is 0 Å². The molecule has 1 heterocycles. The Balaban J connectivity index is 2.23. The highest BCUT2D eigenvalue weighted by atomic mass is 79.9. The fourth-order valence-electron chi connectivity index (χ4n) is 1.51. The third-order valence-corrected chi connectivity index (χ3v) is 5.89. The van der Waals surface area contributed by atoms with Gasteiger partial charge in [0.15, 0.2) is 0 Å². The Morgan fingerprint density at radius 2 is 2.10 bits per heavy atom. The zero-order valence-corrected chi connectivity index (χ0v) is 13.5. The van der Waals surface area contributed by atoms with Crippen molar-refractivity contribution in [3.05, 3.63) is 54.9 Å². The van der Waals surface area contributed by atoms with E-state index in [-0.39, 0.29) is 6.54 Å². The minimum absolute atomic E-state index is 0.00297. The summed E-state index contributed by atoms with van der Waals surface area (Å²) in [6, 6.07) is 4.16. The fraction of sp³-hybridized carbons (Fsp3) is 0.0909. The summed E-state index contributed by atoms with van der Waals surface area (Å²) in [6.07, 6.45) is 0. The Labute approximate surface area is 131 Å². The van der Waals surface area contributed by atoms with Crippen LogP contribution in [0.2, 0.25) is 0 Å². The fourth-order valence-corrected chi connectivity index (χ4v) is 4.09. The predicted octanol–water partition coefficient (Wildman–Crippen LogP) is 3.04. The van der Waals surface area contributed by atoms with Gasteiger partial charge in [0.05, 0.1) is 11.0 Å². The van der Waals surface area contributed by atoms with Crippen molar-refractivity contribution in [1.82, 2.24) is 4.72 Å². The molecule has 0 radical (unpaired) electrons. The molecule has 2 aromatic rings. The van der Waals surface area contributed by atoms with E-state index in [1.165, 1.54) is 11.3 Å². The van der Waals surface area contributed by atoms with Gasteiger partial charge in [0.25, 0.3) is 5.69 Å². The number of rotatable bonds is 5. The number of hydrogen-bond acceptors (Lipinski definition) is 5. The summed E-state index contributed by atoms with van der Waals surface area (Å²) >= 11 is 4.60. The molecule has 0 unspecified atom stereocenters. The molecule has 0 fully saturated rings. The number of halogens is 2. The molecule has 0 aliphatic carbocycles. The number of nitro groups is 1. The summed E-state index contributed by atoms with van der Waals surface area (Å²) < 4.78 is 40.7. The van der Waals surface area contributed by atoms with Crippen LogP contribution in [-0.4, -0.2) is 13.3 Å². The second-order valence-corrected chi connectivity index (χ2v) is 7.48. The van der Waals surface area contributed by atoms with Crippen LogP contribution in [0.5, 0.6) is 0 Å². The van der Waals surface area contributed by atoms with Crippen LogP contribution in [0.1, 0.15) is 4.88 Å². The molecule has 10 heteroatoms. The van der Waals surface area contributed by atoms with Gasteiger partial charge in [-0.1, -0.05) is 0 Å². The van der Waals surface area contributed by atoms with Crippen LogP contribution in [0.25, 0.3) is 0 Å². The molecule has 0 bridgehead atoms. The third-order valence-electron chi connectivity index (χ3n) is 2.53. The molecule has 0 aliphatic rings. The second-order valence-electron chi connectivity index (χ2n) is 3.89. The van der Waals surface area contributed by atoms with E-state index in [1.54, 1.807) is 11.4 Å². The highest BCUT2D eigenvalue weighted by molar-refractivity contribution is 9.10. The summed E-state index contributed by atoms with van der Waals surface area (Å²) in [4.78, 5) is 9.82. The van der Waals surface area contributed by atoms with Gasteiger partial charge in [-0.15, -0.1) is 11.3 Å². The monoisotopic (exact) mass is 394 g/mol. The number of sulfonamides is 1. The summed E-state index contributed by atoms with van der Waals surface area (Å²) in [5.74, 6) is -1.16. The molecule has 2 rings (SSSR count). The zero-order chi connectivity index (χ0) is 15.6. The van der Waals surface area contributed by atoms with Gasteiger partial charge >= 0.3 is 0 Å². The third kappa shape index (κ3) is 3.64. The van der Waals surface area contributed by atoms with Gasteiger partial charge in [0, 0.05) is 22.0 Å². The summed E-state index contributed by atoms with van der Waals surface area (Å²) in [7, 11) is -4.09. The first-order valence-corrected chi connectivity index (χ1v) is 8.62. The molecule has 21 heavy (non-hydrogen) atoms. The number of nitrogens with zero attached hydrogens (tertiary/aromatic N) is 1. The zero-order valence-electron chi connectivity index (χ0n) is 10.2. The standard InChI is InChI=1S/C11H8BrFN2O4S2/c12-8-3-4-20-10(8)6-14-21(18,19)11-2-1-7(15(16)17)5-9(11)13/h1-5,14H,6H2. The Morgan fingerprint density at radius 1 is 1.38 bits per heavy atom. The molecule has 0 saturated carbocycles. The van der Waals surface area contributed by atoms with Crippen molar-refractivity contribution in [1.29, 1.82) is 0 Å². The minimum atomic E-state index is -4.09. The molecule has 1 aromatic carbocycles. The highest BCUT2D eigenvalue weighted by Crippen LogP contribution is 2.24. The Bertz CT molecular complexity index is 791. The number of nitro benzene ring substituents is 1. The van der Waals surface area contributed by atoms with Crippen LogP contribution in [-0.2, 0) is 16.6 Å². The number of thiophene rings is 1. The molecule has 0 aliphatic heterocycles. The predicted molar refractivity (Wildman–Crippen MR) is 79.1 cm³/mol. The molecular formula is C11H8BrFN2O4S2. The van der Waals surface area contributed by atoms with Gasteiger partial charge in [-0.25, -0.2) is 17.5 Å². The van der Waals surface area contributed by atoms with Gasteiger partial charge in [-0.3, -0.25) is 10.1 Å². The van der Waals surface area contributed by atoms with Crippen molar-refractivity contribution in [2.45, 2.75) is 11.4 Å². The molecule has 112 valence electrons. The van der Waals surface area contributed by atoms with Gasteiger partial charge in [0.1, 0.15) is 10.7 Å². The first-order valence-electron chi connectivity index (χ1n) is 5.47. The van der Waals surface area contributed by atoms with Crippen LogP contribution < -0.4 is 4.72 Å². The van der Waals surface area contributed by atoms with Crippen LogP contribution >= 0.6 is 27.3 Å². The number of hydrogen-bond donors (Lipinski definition) is 1. The van der Waals surface area contributed by atoms with Gasteiger partial charge in [-0.2, -0.15) is 0 Å². The van der Waals surface area contributed by atoms with Gasteiger partial charge < -0.3 is 0 Å². The first-order chi connectivity index (χ1) is 9.81. The average Bonchev–Trinajstić information content (AvgIpc) is 2.81. The lowest BCUT2D eigenvalue weighted by Gasteiger charge is -2.07. The van der Waals surface area contributed by atoms with Crippen molar-refractivity contribution in [3.63, 3.8) is 0 Å². The molecule has 1 aromatic heterocycles. The Hall–Kier alpha value is -1.36. The number of benzene rings is 1. The largest absolute Gasteiger partial charge is 0.272 e. The number of non-ortho nitro benzene ring substituents is 1. The van der Waals surface area contributed by atoms with Gasteiger partial charge in [0.2, 0.25) is 10.0 Å². The van der Waals surface area contributed by atoms with E-state index in [2.05, 4.69) is 20.7 Å². The first kappa shape index (κ1) is 16.0. The van der Waals surface area contributed by atoms with Crippen molar-refractivity contribution < 1.29 is 17.7 Å². The van der Waals surface area contributed by atoms with E-state index in [1.807, 2.05) is 0 Å². The normalized spacial score (nSPS) is 11.5. The maximum Gasteiger partial charge on any atom is 0.272 e. The van der Waals surface area contributed by atoms with Crippen LogP contribution in [0.4, 0.5) is 10.1 Å². The molecule has 0 amide bonds. The van der Waals surface area contributed by atoms with Crippen molar-refractivity contribution in [3.8, 4) is 0 Å². The van der Waals surface area contributed by atoms with E-state index >= 15 is 0 Å². The SMILES string of the molecule is O=[N+]([O-])c1ccc(S(=O)(=O)NCc2sccc2Br)c(F)c1. The summed E-state index contributed by atoms with van der Waals surface area (Å²) in [5, 5.41) is 12.3. The summed E-state index contributed by atoms with van der Waals surface area (Å²) in [5.41, 5.74) is -0.507. The summed E-state index contributed by atoms with van der Waals surface area (Å²) in [6.45, 7) is -0.00297. The lowest BCUT2D eigenvalue weighted by atomic mass is 10.3. The Morgan fingerprint density at radius 3 is 2.62 bits per heavy atom. The minimum Gasteiger partial charge on any atom is -0.258 e. The van der Waals surface area contributed by atoms with Crippen molar-refractivity contribution >= 4 is 43.0 Å². The van der Waals surface area contributed by atoms with Crippen molar-refractivity contribution in [2.24, 2.45) is 0 Å². The maximum absolute atomic E-state index is 13.7. The quantitative estimate of drug-likeness (QED) is 0.623. The van der Waals surface area contributed by atoms with E-state index in [4.69, 9.17) is 0 Å². The molecular weight excluding hydrogens is 387 g/mol. The van der Waals surface area contributed by atoms with E-state index < -0.39 is 31.3 Å². The molecule has 6 nitrogen and oxygen atoms in total. The average molecular weight is 395 g/mol. The molecule has 0 spiro atoms. The van der Waals surface area contributed by atoms with E-state index in [0.29, 0.717) is 6.07 Å². The lowest BCUT2D eigenvalue weighted by molar-refractivity contribution is -0.385. The van der Waals surface area contributed by atoms with Gasteiger partial charge in [-0.05, 0) is 33.4 Å². The van der Waals surface area contributed by atoms with Crippen LogP contribution in [0.15, 0.2) is 39.0 Å². The molecule has 0 saturated heterocycles. The van der Waals surface area contributed by atoms with Crippen LogP contribution in [0, 0.1) is 15.9 Å². The number of nitrogens with one attached hydrogen (secondary N) is 1. The topological polar surface area (TPSA) is 89.3 Å². The lowest BCUT2D eigenvalue weighted by Crippen LogP contribution is -2.24. The second kappa shape index (κ2) is 6.18. The Kier molecular flexibility index (Phi) is 4.71. The molecule has 1 N–H and O–H groups in total. The highest BCUT2D eigenvalue weighted by Gasteiger charge is 2.21.